The number of benzene rings is 2. The van der Waals surface area contributed by atoms with Gasteiger partial charge in [-0.3, -0.25) is 9.59 Å². The van der Waals surface area contributed by atoms with Crippen LogP contribution in [0.3, 0.4) is 0 Å². The molecule has 2 N–H and O–H groups in total. The predicted octanol–water partition coefficient (Wildman–Crippen LogP) is 1.95. The maximum absolute atomic E-state index is 12.3. The number of rotatable bonds is 10. The number of hydrogen-bond acceptors (Lipinski definition) is 6. The minimum Gasteiger partial charge on any atom is -0.493 e. The molecular formula is C20H23ClN2O6S. The summed E-state index contributed by atoms with van der Waals surface area (Å²) in [5, 5.41) is 5.60. The van der Waals surface area contributed by atoms with Gasteiger partial charge in [0.1, 0.15) is 5.75 Å². The molecule has 0 bridgehead atoms. The van der Waals surface area contributed by atoms with Crippen LogP contribution in [0.4, 0.5) is 0 Å². The molecule has 0 atom stereocenters. The molecule has 0 unspecified atom stereocenters. The first-order chi connectivity index (χ1) is 14.2. The first-order valence-corrected chi connectivity index (χ1v) is 11.1. The Labute approximate surface area is 180 Å². The molecule has 10 heteroatoms. The Balaban J connectivity index is 1.95. The summed E-state index contributed by atoms with van der Waals surface area (Å²) in [6.45, 7) is 2.26. The van der Waals surface area contributed by atoms with Gasteiger partial charge < -0.3 is 20.1 Å². The van der Waals surface area contributed by atoms with Gasteiger partial charge in [-0.05, 0) is 48.9 Å². The zero-order valence-corrected chi connectivity index (χ0v) is 18.2. The van der Waals surface area contributed by atoms with Crippen LogP contribution in [0, 0.1) is 0 Å². The standard InChI is InChI=1S/C20H23ClN2O6S/c1-3-22-19(24)12-29-17-9-4-14(10-18(17)28-2)11-23-20(25)13-30(26,27)16-7-5-15(21)6-8-16/h4-10H,3,11-13H2,1-2H3,(H,22,24)(H,23,25). The summed E-state index contributed by atoms with van der Waals surface area (Å²) in [6, 6.07) is 10.6. The van der Waals surface area contributed by atoms with E-state index >= 15 is 0 Å². The molecule has 2 aromatic rings. The molecule has 0 saturated carbocycles. The minimum absolute atomic E-state index is 0.0253. The maximum atomic E-state index is 12.3. The van der Waals surface area contributed by atoms with Crippen LogP contribution in [0.25, 0.3) is 0 Å². The Kier molecular flexibility index (Phi) is 8.49. The molecule has 0 spiro atoms. The van der Waals surface area contributed by atoms with E-state index in [0.29, 0.717) is 28.6 Å². The molecule has 8 nitrogen and oxygen atoms in total. The van der Waals surface area contributed by atoms with Crippen molar-refractivity contribution in [3.63, 3.8) is 0 Å². The molecular weight excluding hydrogens is 432 g/mol. The smallest absolute Gasteiger partial charge is 0.257 e. The largest absolute Gasteiger partial charge is 0.493 e. The molecule has 0 aliphatic rings. The number of likely N-dealkylation sites (N-methyl/N-ethyl adjacent to an activating group) is 1. The summed E-state index contributed by atoms with van der Waals surface area (Å²) < 4.78 is 35.3. The molecule has 2 amide bonds. The summed E-state index contributed by atoms with van der Waals surface area (Å²) >= 11 is 5.76. The van der Waals surface area contributed by atoms with Gasteiger partial charge in [0, 0.05) is 18.1 Å². The average molecular weight is 455 g/mol. The van der Waals surface area contributed by atoms with E-state index in [1.165, 1.54) is 31.4 Å². The van der Waals surface area contributed by atoms with Crippen LogP contribution in [0.15, 0.2) is 47.4 Å². The van der Waals surface area contributed by atoms with Crippen molar-refractivity contribution in [1.82, 2.24) is 10.6 Å². The number of carbonyl (C=O) groups excluding carboxylic acids is 2. The fourth-order valence-electron chi connectivity index (χ4n) is 2.48. The first-order valence-electron chi connectivity index (χ1n) is 9.06. The van der Waals surface area contributed by atoms with Crippen LogP contribution >= 0.6 is 11.6 Å². The molecule has 0 aromatic heterocycles. The fourth-order valence-corrected chi connectivity index (χ4v) is 3.77. The number of sulfone groups is 1. The van der Waals surface area contributed by atoms with Crippen LogP contribution in [0.1, 0.15) is 12.5 Å². The molecule has 162 valence electrons. The highest BCUT2D eigenvalue weighted by molar-refractivity contribution is 7.92. The summed E-state index contributed by atoms with van der Waals surface area (Å²) in [6.07, 6.45) is 0. The Morgan fingerprint density at radius 1 is 1.00 bits per heavy atom. The monoisotopic (exact) mass is 454 g/mol. The van der Waals surface area contributed by atoms with E-state index < -0.39 is 21.5 Å². The average Bonchev–Trinajstić information content (AvgIpc) is 2.71. The van der Waals surface area contributed by atoms with Crippen molar-refractivity contribution in [2.75, 3.05) is 26.0 Å². The topological polar surface area (TPSA) is 111 Å². The van der Waals surface area contributed by atoms with Gasteiger partial charge in [0.15, 0.2) is 27.9 Å². The van der Waals surface area contributed by atoms with Crippen molar-refractivity contribution in [2.45, 2.75) is 18.4 Å². The highest BCUT2D eigenvalue weighted by Crippen LogP contribution is 2.28. The Hall–Kier alpha value is -2.78. The van der Waals surface area contributed by atoms with Gasteiger partial charge in [-0.2, -0.15) is 0 Å². The van der Waals surface area contributed by atoms with Gasteiger partial charge in [0.25, 0.3) is 5.91 Å². The van der Waals surface area contributed by atoms with E-state index in [4.69, 9.17) is 21.1 Å². The van der Waals surface area contributed by atoms with Crippen LogP contribution in [-0.4, -0.2) is 46.2 Å². The molecule has 0 fully saturated rings. The van der Waals surface area contributed by atoms with E-state index in [1.807, 2.05) is 6.92 Å². The van der Waals surface area contributed by atoms with Gasteiger partial charge >= 0.3 is 0 Å². The lowest BCUT2D eigenvalue weighted by Gasteiger charge is -2.12. The van der Waals surface area contributed by atoms with Gasteiger partial charge in [0.2, 0.25) is 5.91 Å². The van der Waals surface area contributed by atoms with Crippen LogP contribution in [0.5, 0.6) is 11.5 Å². The Bertz CT molecular complexity index is 993. The van der Waals surface area contributed by atoms with Crippen molar-refractivity contribution in [1.29, 1.82) is 0 Å². The lowest BCUT2D eigenvalue weighted by atomic mass is 10.2. The van der Waals surface area contributed by atoms with E-state index in [2.05, 4.69) is 10.6 Å². The Morgan fingerprint density at radius 3 is 2.33 bits per heavy atom. The number of hydrogen-bond donors (Lipinski definition) is 2. The summed E-state index contributed by atoms with van der Waals surface area (Å²) in [5.41, 5.74) is 0.675. The third-order valence-electron chi connectivity index (χ3n) is 3.94. The zero-order valence-electron chi connectivity index (χ0n) is 16.6. The third kappa shape index (κ3) is 6.93. The zero-order chi connectivity index (χ0) is 22.1. The SMILES string of the molecule is CCNC(=O)COc1ccc(CNC(=O)CS(=O)(=O)c2ccc(Cl)cc2)cc1OC. The maximum Gasteiger partial charge on any atom is 0.257 e. The normalized spacial score (nSPS) is 10.9. The van der Waals surface area contributed by atoms with Gasteiger partial charge in [-0.1, -0.05) is 17.7 Å². The molecule has 2 rings (SSSR count). The molecule has 0 saturated heterocycles. The summed E-state index contributed by atoms with van der Waals surface area (Å²) in [7, 11) is -2.32. The number of ether oxygens (including phenoxy) is 2. The summed E-state index contributed by atoms with van der Waals surface area (Å²) in [4.78, 5) is 23.7. The van der Waals surface area contributed by atoms with Gasteiger partial charge in [0.05, 0.1) is 12.0 Å². The van der Waals surface area contributed by atoms with Gasteiger partial charge in [-0.15, -0.1) is 0 Å². The number of methoxy groups -OCH3 is 1. The highest BCUT2D eigenvalue weighted by Gasteiger charge is 2.19. The molecule has 30 heavy (non-hydrogen) atoms. The second-order valence-corrected chi connectivity index (χ2v) is 8.64. The van der Waals surface area contributed by atoms with E-state index in [1.54, 1.807) is 18.2 Å². The van der Waals surface area contributed by atoms with Crippen LogP contribution < -0.4 is 20.1 Å². The molecule has 0 aliphatic heterocycles. The highest BCUT2D eigenvalue weighted by atomic mass is 35.5. The summed E-state index contributed by atoms with van der Waals surface area (Å²) in [5.74, 6) is -0.804. The Morgan fingerprint density at radius 2 is 1.70 bits per heavy atom. The minimum atomic E-state index is -3.77. The van der Waals surface area contributed by atoms with E-state index in [0.717, 1.165) is 0 Å². The lowest BCUT2D eigenvalue weighted by Crippen LogP contribution is -2.30. The van der Waals surface area contributed by atoms with Crippen molar-refractivity contribution in [2.24, 2.45) is 0 Å². The molecule has 0 heterocycles. The van der Waals surface area contributed by atoms with Crippen molar-refractivity contribution in [3.05, 3.63) is 53.1 Å². The number of nitrogens with one attached hydrogen (secondary N) is 2. The van der Waals surface area contributed by atoms with E-state index in [9.17, 15) is 18.0 Å². The second kappa shape index (κ2) is 10.8. The van der Waals surface area contributed by atoms with Crippen molar-refractivity contribution >= 4 is 33.3 Å². The first kappa shape index (κ1) is 23.5. The molecule has 0 radical (unpaired) electrons. The predicted molar refractivity (Wildman–Crippen MR) is 113 cm³/mol. The quantitative estimate of drug-likeness (QED) is 0.567. The number of amides is 2. The second-order valence-electron chi connectivity index (χ2n) is 6.22. The van der Waals surface area contributed by atoms with Crippen LogP contribution in [-0.2, 0) is 26.0 Å². The fraction of sp³-hybridized carbons (Fsp3) is 0.300. The molecule has 2 aromatic carbocycles. The van der Waals surface area contributed by atoms with Crippen molar-refractivity contribution in [3.8, 4) is 11.5 Å². The number of halogens is 1. The van der Waals surface area contributed by atoms with E-state index in [-0.39, 0.29) is 24.0 Å². The van der Waals surface area contributed by atoms with Crippen LogP contribution in [0.2, 0.25) is 5.02 Å². The molecule has 0 aliphatic carbocycles. The third-order valence-corrected chi connectivity index (χ3v) is 5.83. The number of carbonyl (C=O) groups is 2. The van der Waals surface area contributed by atoms with Crippen molar-refractivity contribution < 1.29 is 27.5 Å². The van der Waals surface area contributed by atoms with Gasteiger partial charge in [-0.25, -0.2) is 8.42 Å². The lowest BCUT2D eigenvalue weighted by molar-refractivity contribution is -0.123.